The first kappa shape index (κ1) is 14.2. The molecule has 0 atom stereocenters. The summed E-state index contributed by atoms with van der Waals surface area (Å²) in [7, 11) is -3.32. The molecule has 1 aliphatic heterocycles. The van der Waals surface area contributed by atoms with Gasteiger partial charge in [0.1, 0.15) is 5.82 Å². The molecule has 0 spiro atoms. The number of sulfonamides is 1. The van der Waals surface area contributed by atoms with Gasteiger partial charge in [-0.3, -0.25) is 9.62 Å². The number of nitrogens with zero attached hydrogens (tertiary/aromatic N) is 2. The van der Waals surface area contributed by atoms with Crippen LogP contribution in [0.2, 0.25) is 0 Å². The van der Waals surface area contributed by atoms with Gasteiger partial charge in [0.05, 0.1) is 5.75 Å². The van der Waals surface area contributed by atoms with E-state index in [0.717, 1.165) is 31.7 Å². The minimum atomic E-state index is -3.32. The quantitative estimate of drug-likeness (QED) is 0.798. The van der Waals surface area contributed by atoms with Crippen molar-refractivity contribution in [2.24, 2.45) is 0 Å². The Morgan fingerprint density at radius 2 is 2.11 bits per heavy atom. The van der Waals surface area contributed by atoms with Gasteiger partial charge in [-0.05, 0) is 18.6 Å². The summed E-state index contributed by atoms with van der Waals surface area (Å²) in [5, 5.41) is 3.24. The first-order valence-electron chi connectivity index (χ1n) is 6.41. The number of nitrogens with one attached hydrogen (secondary N) is 2. The minimum absolute atomic E-state index is 0.0998. The third-order valence-electron chi connectivity index (χ3n) is 3.06. The molecule has 106 valence electrons. The highest BCUT2D eigenvalue weighted by molar-refractivity contribution is 7.92. The highest BCUT2D eigenvalue weighted by Crippen LogP contribution is 2.07. The van der Waals surface area contributed by atoms with Crippen LogP contribution in [-0.4, -0.2) is 56.8 Å². The van der Waals surface area contributed by atoms with Crippen LogP contribution in [0, 0.1) is 6.92 Å². The largest absolute Gasteiger partial charge is 0.314 e. The maximum absolute atomic E-state index is 11.9. The third kappa shape index (κ3) is 4.77. The second-order valence-corrected chi connectivity index (χ2v) is 6.58. The van der Waals surface area contributed by atoms with E-state index in [0.29, 0.717) is 12.4 Å². The molecule has 1 aliphatic rings. The van der Waals surface area contributed by atoms with E-state index in [4.69, 9.17) is 0 Å². The molecule has 2 N–H and O–H groups in total. The molecule has 6 nitrogen and oxygen atoms in total. The van der Waals surface area contributed by atoms with Gasteiger partial charge in [-0.1, -0.05) is 6.07 Å². The Kier molecular flexibility index (Phi) is 4.73. The summed E-state index contributed by atoms with van der Waals surface area (Å²) in [6, 6.07) is 3.51. The van der Waals surface area contributed by atoms with Crippen molar-refractivity contribution in [3.63, 3.8) is 0 Å². The van der Waals surface area contributed by atoms with E-state index in [9.17, 15) is 8.42 Å². The van der Waals surface area contributed by atoms with Gasteiger partial charge in [0.15, 0.2) is 0 Å². The summed E-state index contributed by atoms with van der Waals surface area (Å²) < 4.78 is 26.4. The van der Waals surface area contributed by atoms with E-state index in [1.807, 2.05) is 13.0 Å². The number of piperazine rings is 1. The highest BCUT2D eigenvalue weighted by atomic mass is 32.2. The molecule has 2 heterocycles. The van der Waals surface area contributed by atoms with Gasteiger partial charge in [-0.2, -0.15) is 0 Å². The summed E-state index contributed by atoms with van der Waals surface area (Å²) >= 11 is 0. The Bertz CT molecular complexity index is 495. The van der Waals surface area contributed by atoms with Crippen LogP contribution in [0.5, 0.6) is 0 Å². The lowest BCUT2D eigenvalue weighted by molar-refractivity contribution is 0.254. The van der Waals surface area contributed by atoms with Crippen molar-refractivity contribution in [2.45, 2.75) is 6.92 Å². The van der Waals surface area contributed by atoms with Crippen LogP contribution in [0.4, 0.5) is 5.82 Å². The van der Waals surface area contributed by atoms with Crippen molar-refractivity contribution >= 4 is 15.8 Å². The zero-order chi connectivity index (χ0) is 13.7. The second-order valence-electron chi connectivity index (χ2n) is 4.73. The van der Waals surface area contributed by atoms with Crippen LogP contribution in [0.15, 0.2) is 18.3 Å². The molecule has 0 aliphatic carbocycles. The van der Waals surface area contributed by atoms with Gasteiger partial charge in [0, 0.05) is 38.9 Å². The van der Waals surface area contributed by atoms with E-state index in [1.165, 1.54) is 0 Å². The average molecular weight is 284 g/mol. The van der Waals surface area contributed by atoms with Gasteiger partial charge < -0.3 is 5.32 Å². The van der Waals surface area contributed by atoms with Crippen molar-refractivity contribution < 1.29 is 8.42 Å². The highest BCUT2D eigenvalue weighted by Gasteiger charge is 2.15. The monoisotopic (exact) mass is 284 g/mol. The fourth-order valence-corrected chi connectivity index (χ4v) is 2.96. The van der Waals surface area contributed by atoms with Crippen LogP contribution in [-0.2, 0) is 10.0 Å². The molecule has 1 fully saturated rings. The van der Waals surface area contributed by atoms with Crippen molar-refractivity contribution in [1.82, 2.24) is 15.2 Å². The standard InChI is InChI=1S/C12H20N4O2S/c1-11-2-3-12(14-10-11)15-19(17,18)9-8-16-6-4-13-5-7-16/h2-3,10,13H,4-9H2,1H3,(H,14,15). The molecule has 1 aromatic heterocycles. The Labute approximate surface area is 114 Å². The lowest BCUT2D eigenvalue weighted by Gasteiger charge is -2.26. The lowest BCUT2D eigenvalue weighted by Crippen LogP contribution is -2.45. The molecule has 7 heteroatoms. The molecular weight excluding hydrogens is 264 g/mol. The first-order chi connectivity index (χ1) is 9.05. The van der Waals surface area contributed by atoms with E-state index in [1.54, 1.807) is 12.3 Å². The lowest BCUT2D eigenvalue weighted by atomic mass is 10.3. The number of hydrogen-bond donors (Lipinski definition) is 2. The van der Waals surface area contributed by atoms with Gasteiger partial charge in [0.2, 0.25) is 10.0 Å². The zero-order valence-electron chi connectivity index (χ0n) is 11.1. The van der Waals surface area contributed by atoms with E-state index < -0.39 is 10.0 Å². The topological polar surface area (TPSA) is 74.3 Å². The maximum atomic E-state index is 11.9. The first-order valence-corrected chi connectivity index (χ1v) is 8.07. The van der Waals surface area contributed by atoms with E-state index in [-0.39, 0.29) is 5.75 Å². The van der Waals surface area contributed by atoms with Crippen LogP contribution in [0.25, 0.3) is 0 Å². The normalized spacial score (nSPS) is 17.3. The van der Waals surface area contributed by atoms with E-state index >= 15 is 0 Å². The van der Waals surface area contributed by atoms with Crippen molar-refractivity contribution in [2.75, 3.05) is 43.2 Å². The molecule has 0 saturated carbocycles. The summed E-state index contributed by atoms with van der Waals surface area (Å²) in [6.45, 7) is 6.12. The van der Waals surface area contributed by atoms with Crippen molar-refractivity contribution in [1.29, 1.82) is 0 Å². The Morgan fingerprint density at radius 3 is 2.74 bits per heavy atom. The van der Waals surface area contributed by atoms with Gasteiger partial charge in [-0.25, -0.2) is 13.4 Å². The number of pyridine rings is 1. The molecule has 19 heavy (non-hydrogen) atoms. The molecule has 0 aromatic carbocycles. The molecule has 0 unspecified atom stereocenters. The number of anilines is 1. The van der Waals surface area contributed by atoms with Gasteiger partial charge >= 0.3 is 0 Å². The summed E-state index contributed by atoms with van der Waals surface area (Å²) in [6.07, 6.45) is 1.65. The Balaban J connectivity index is 1.85. The Hall–Kier alpha value is -1.18. The third-order valence-corrected chi connectivity index (χ3v) is 4.30. The van der Waals surface area contributed by atoms with Crippen LogP contribution < -0.4 is 10.0 Å². The van der Waals surface area contributed by atoms with Crippen molar-refractivity contribution in [3.8, 4) is 0 Å². The van der Waals surface area contributed by atoms with Crippen LogP contribution >= 0.6 is 0 Å². The molecule has 1 saturated heterocycles. The molecule has 1 aromatic rings. The average Bonchev–Trinajstić information content (AvgIpc) is 2.40. The molecular formula is C12H20N4O2S. The maximum Gasteiger partial charge on any atom is 0.235 e. The smallest absolute Gasteiger partial charge is 0.235 e. The van der Waals surface area contributed by atoms with E-state index in [2.05, 4.69) is 19.9 Å². The summed E-state index contributed by atoms with van der Waals surface area (Å²) in [5.41, 5.74) is 1.00. The van der Waals surface area contributed by atoms with Crippen LogP contribution in [0.1, 0.15) is 5.56 Å². The minimum Gasteiger partial charge on any atom is -0.314 e. The second kappa shape index (κ2) is 6.31. The summed E-state index contributed by atoms with van der Waals surface area (Å²) in [5.74, 6) is 0.480. The van der Waals surface area contributed by atoms with Crippen molar-refractivity contribution in [3.05, 3.63) is 23.9 Å². The molecule has 2 rings (SSSR count). The number of hydrogen-bond acceptors (Lipinski definition) is 5. The SMILES string of the molecule is Cc1ccc(NS(=O)(=O)CCN2CCNCC2)nc1. The fourth-order valence-electron chi connectivity index (χ4n) is 1.92. The molecule has 0 bridgehead atoms. The van der Waals surface area contributed by atoms with Gasteiger partial charge in [-0.15, -0.1) is 0 Å². The Morgan fingerprint density at radius 1 is 1.37 bits per heavy atom. The molecule has 0 amide bonds. The van der Waals surface area contributed by atoms with Gasteiger partial charge in [0.25, 0.3) is 0 Å². The number of aryl methyl sites for hydroxylation is 1. The fraction of sp³-hybridized carbons (Fsp3) is 0.583. The predicted molar refractivity (Wildman–Crippen MR) is 75.7 cm³/mol. The number of aromatic nitrogens is 1. The van der Waals surface area contributed by atoms with Crippen LogP contribution in [0.3, 0.4) is 0 Å². The predicted octanol–water partition coefficient (Wildman–Crippen LogP) is 0.0369. The number of rotatable bonds is 5. The summed E-state index contributed by atoms with van der Waals surface area (Å²) in [4.78, 5) is 6.20. The molecule has 0 radical (unpaired) electrons. The zero-order valence-corrected chi connectivity index (χ0v) is 11.9.